The number of hydrogen-bond acceptors (Lipinski definition) is 4. The number of sulfonamides is 1. The highest BCUT2D eigenvalue weighted by Crippen LogP contribution is 2.27. The Morgan fingerprint density at radius 1 is 1.08 bits per heavy atom. The highest BCUT2D eigenvalue weighted by atomic mass is 32.2. The Morgan fingerprint density at radius 2 is 1.83 bits per heavy atom. The van der Waals surface area contributed by atoms with Crippen molar-refractivity contribution in [2.75, 3.05) is 6.54 Å². The molecule has 5 nitrogen and oxygen atoms in total. The van der Waals surface area contributed by atoms with E-state index in [1.807, 2.05) is 24.3 Å². The molecule has 0 fully saturated rings. The van der Waals surface area contributed by atoms with Gasteiger partial charge in [0.25, 0.3) is 0 Å². The number of hydrogen-bond donors (Lipinski definition) is 0. The molecule has 1 aliphatic heterocycles. The summed E-state index contributed by atoms with van der Waals surface area (Å²) < 4.78 is 29.7. The van der Waals surface area contributed by atoms with Crippen LogP contribution in [0.5, 0.6) is 0 Å². The first-order chi connectivity index (χ1) is 11.5. The zero-order valence-electron chi connectivity index (χ0n) is 13.1. The molecule has 0 bridgehead atoms. The normalized spacial score (nSPS) is 15.5. The van der Waals surface area contributed by atoms with Crippen molar-refractivity contribution < 1.29 is 8.42 Å². The molecule has 0 spiro atoms. The van der Waals surface area contributed by atoms with E-state index >= 15 is 0 Å². The van der Waals surface area contributed by atoms with E-state index in [0.717, 1.165) is 28.8 Å². The Balaban J connectivity index is 1.74. The number of thiazole rings is 1. The maximum atomic E-state index is 13.0. The molecule has 24 heavy (non-hydrogen) atoms. The number of rotatable bonds is 2. The maximum Gasteiger partial charge on any atom is 0.307 e. The lowest BCUT2D eigenvalue weighted by Gasteiger charge is -2.28. The summed E-state index contributed by atoms with van der Waals surface area (Å²) in [5.74, 6) is 0. The van der Waals surface area contributed by atoms with Crippen molar-refractivity contribution in [3.63, 3.8) is 0 Å². The molecule has 124 valence electrons. The minimum absolute atomic E-state index is 0.0913. The largest absolute Gasteiger partial charge is 0.307 e. The number of benzene rings is 2. The molecule has 0 aliphatic carbocycles. The third-order valence-electron chi connectivity index (χ3n) is 4.50. The fourth-order valence-corrected chi connectivity index (χ4v) is 5.54. The predicted molar refractivity (Wildman–Crippen MR) is 94.8 cm³/mol. The smallest absolute Gasteiger partial charge is 0.302 e. The van der Waals surface area contributed by atoms with Gasteiger partial charge in [-0.1, -0.05) is 35.6 Å². The average molecular weight is 360 g/mol. The van der Waals surface area contributed by atoms with Crippen LogP contribution in [0.25, 0.3) is 10.2 Å². The SMILES string of the molecule is Cn1c(=O)sc2cc(S(=O)(=O)N3CCc4ccccc4C3)ccc21. The average Bonchev–Trinajstić information content (AvgIpc) is 2.88. The monoisotopic (exact) mass is 360 g/mol. The molecule has 1 aromatic heterocycles. The van der Waals surface area contributed by atoms with Gasteiger partial charge in [-0.2, -0.15) is 4.31 Å². The summed E-state index contributed by atoms with van der Waals surface area (Å²) in [6.07, 6.45) is 0.719. The van der Waals surface area contributed by atoms with Crippen LogP contribution in [0.2, 0.25) is 0 Å². The quantitative estimate of drug-likeness (QED) is 0.705. The number of aryl methyl sites for hydroxylation is 1. The van der Waals surface area contributed by atoms with Gasteiger partial charge in [0.05, 0.1) is 15.1 Å². The van der Waals surface area contributed by atoms with Crippen LogP contribution < -0.4 is 4.87 Å². The number of aromatic nitrogens is 1. The van der Waals surface area contributed by atoms with E-state index in [1.165, 1.54) is 14.4 Å². The molecule has 2 heterocycles. The molecule has 0 radical (unpaired) electrons. The molecular weight excluding hydrogens is 344 g/mol. The van der Waals surface area contributed by atoms with E-state index < -0.39 is 10.0 Å². The Hall–Kier alpha value is -1.96. The van der Waals surface area contributed by atoms with Crippen molar-refractivity contribution >= 4 is 31.6 Å². The summed E-state index contributed by atoms with van der Waals surface area (Å²) >= 11 is 1.07. The number of nitrogens with zero attached hydrogens (tertiary/aromatic N) is 2. The minimum atomic E-state index is -3.57. The van der Waals surface area contributed by atoms with Crippen LogP contribution >= 0.6 is 11.3 Å². The molecule has 3 aromatic rings. The van der Waals surface area contributed by atoms with Gasteiger partial charge in [0.15, 0.2) is 0 Å². The van der Waals surface area contributed by atoms with Crippen molar-refractivity contribution in [1.82, 2.24) is 8.87 Å². The lowest BCUT2D eigenvalue weighted by atomic mass is 10.0. The summed E-state index contributed by atoms with van der Waals surface area (Å²) in [7, 11) is -1.88. The molecule has 4 rings (SSSR count). The summed E-state index contributed by atoms with van der Waals surface area (Å²) in [6.45, 7) is 0.865. The van der Waals surface area contributed by atoms with Gasteiger partial charge in [-0.05, 0) is 35.7 Å². The van der Waals surface area contributed by atoms with Crippen molar-refractivity contribution in [3.8, 4) is 0 Å². The zero-order chi connectivity index (χ0) is 16.9. The highest BCUT2D eigenvalue weighted by Gasteiger charge is 2.28. The van der Waals surface area contributed by atoms with Gasteiger partial charge in [-0.3, -0.25) is 4.79 Å². The van der Waals surface area contributed by atoms with Crippen LogP contribution in [0.4, 0.5) is 0 Å². The van der Waals surface area contributed by atoms with Crippen LogP contribution in [0, 0.1) is 0 Å². The van der Waals surface area contributed by atoms with E-state index in [0.29, 0.717) is 17.8 Å². The van der Waals surface area contributed by atoms with Gasteiger partial charge in [0, 0.05) is 20.1 Å². The minimum Gasteiger partial charge on any atom is -0.302 e. The Bertz CT molecular complexity index is 1100. The first kappa shape index (κ1) is 15.6. The summed E-state index contributed by atoms with van der Waals surface area (Å²) in [5, 5.41) is 0. The second-order valence-electron chi connectivity index (χ2n) is 5.91. The van der Waals surface area contributed by atoms with E-state index in [9.17, 15) is 13.2 Å². The molecule has 0 amide bonds. The van der Waals surface area contributed by atoms with Crippen LogP contribution in [0.15, 0.2) is 52.2 Å². The fraction of sp³-hybridized carbons (Fsp3) is 0.235. The number of fused-ring (bicyclic) bond motifs is 2. The van der Waals surface area contributed by atoms with Crippen LogP contribution in [-0.4, -0.2) is 23.8 Å². The molecule has 2 aromatic carbocycles. The van der Waals surface area contributed by atoms with Gasteiger partial charge in [0.2, 0.25) is 10.0 Å². The molecular formula is C17H16N2O3S2. The van der Waals surface area contributed by atoms with Gasteiger partial charge in [-0.15, -0.1) is 0 Å². The summed E-state index contributed by atoms with van der Waals surface area (Å²) in [6, 6.07) is 12.8. The lowest BCUT2D eigenvalue weighted by Crippen LogP contribution is -2.35. The molecule has 0 unspecified atom stereocenters. The third kappa shape index (κ3) is 2.40. The molecule has 0 atom stereocenters. The standard InChI is InChI=1S/C17H16N2O3S2/c1-18-15-7-6-14(10-16(15)23-17(18)20)24(21,22)19-9-8-12-4-2-3-5-13(12)11-19/h2-7,10H,8-9,11H2,1H3. The van der Waals surface area contributed by atoms with E-state index in [4.69, 9.17) is 0 Å². The Labute approximate surface area is 143 Å². The van der Waals surface area contributed by atoms with E-state index in [2.05, 4.69) is 0 Å². The summed E-state index contributed by atoms with van der Waals surface area (Å²) in [4.78, 5) is 11.9. The van der Waals surface area contributed by atoms with Crippen LogP contribution in [0.3, 0.4) is 0 Å². The molecule has 1 aliphatic rings. The van der Waals surface area contributed by atoms with E-state index in [-0.39, 0.29) is 9.77 Å². The molecule has 7 heteroatoms. The molecule has 0 saturated heterocycles. The van der Waals surface area contributed by atoms with Crippen LogP contribution in [0.1, 0.15) is 11.1 Å². The third-order valence-corrected chi connectivity index (χ3v) is 7.33. The van der Waals surface area contributed by atoms with Gasteiger partial charge in [-0.25, -0.2) is 8.42 Å². The van der Waals surface area contributed by atoms with Crippen molar-refractivity contribution in [1.29, 1.82) is 0 Å². The van der Waals surface area contributed by atoms with Gasteiger partial charge in [0.1, 0.15) is 0 Å². The molecule has 0 N–H and O–H groups in total. The van der Waals surface area contributed by atoms with Crippen molar-refractivity contribution in [3.05, 3.63) is 63.3 Å². The van der Waals surface area contributed by atoms with Gasteiger partial charge >= 0.3 is 4.87 Å². The Morgan fingerprint density at radius 3 is 2.62 bits per heavy atom. The first-order valence-corrected chi connectivity index (χ1v) is 9.89. The zero-order valence-corrected chi connectivity index (χ0v) is 14.7. The lowest BCUT2D eigenvalue weighted by molar-refractivity contribution is 0.391. The maximum absolute atomic E-state index is 13.0. The summed E-state index contributed by atoms with van der Waals surface area (Å²) in [5.41, 5.74) is 3.02. The Kier molecular flexibility index (Phi) is 3.59. The topological polar surface area (TPSA) is 59.4 Å². The highest BCUT2D eigenvalue weighted by molar-refractivity contribution is 7.89. The van der Waals surface area contributed by atoms with Crippen molar-refractivity contribution in [2.24, 2.45) is 7.05 Å². The van der Waals surface area contributed by atoms with Gasteiger partial charge < -0.3 is 4.57 Å². The second-order valence-corrected chi connectivity index (χ2v) is 8.84. The fourth-order valence-electron chi connectivity index (χ4n) is 3.10. The van der Waals surface area contributed by atoms with E-state index in [1.54, 1.807) is 25.2 Å². The second kappa shape index (κ2) is 5.54. The molecule has 0 saturated carbocycles. The predicted octanol–water partition coefficient (Wildman–Crippen LogP) is 2.35. The van der Waals surface area contributed by atoms with Crippen LogP contribution in [-0.2, 0) is 30.0 Å². The van der Waals surface area contributed by atoms with Crippen molar-refractivity contribution in [2.45, 2.75) is 17.9 Å². The first-order valence-electron chi connectivity index (χ1n) is 7.63.